The van der Waals surface area contributed by atoms with Gasteiger partial charge >= 0.3 is 0 Å². The molecule has 2 aromatic heterocycles. The molecule has 134 valence electrons. The number of fused-ring (bicyclic) bond motifs is 2. The van der Waals surface area contributed by atoms with Gasteiger partial charge in [0.05, 0.1) is 17.3 Å². The van der Waals surface area contributed by atoms with Crippen LogP contribution in [0.25, 0.3) is 5.65 Å². The highest BCUT2D eigenvalue weighted by molar-refractivity contribution is 6.30. The number of nitrogens with one attached hydrogen (secondary N) is 1. The third-order valence-corrected chi connectivity index (χ3v) is 4.98. The first-order valence-corrected chi connectivity index (χ1v) is 9.15. The predicted octanol–water partition coefficient (Wildman–Crippen LogP) is 3.98. The van der Waals surface area contributed by atoms with Crippen molar-refractivity contribution < 1.29 is 9.53 Å². The Morgan fingerprint density at radius 3 is 3.04 bits per heavy atom. The van der Waals surface area contributed by atoms with E-state index in [0.717, 1.165) is 22.7 Å². The molecule has 1 aromatic carbocycles. The molecule has 1 atom stereocenters. The molecule has 0 aliphatic carbocycles. The number of carbonyl (C=O) groups is 1. The number of carbonyl (C=O) groups excluding carboxylic acids is 1. The number of amides is 1. The Bertz CT molecular complexity index is 996. The van der Waals surface area contributed by atoms with Gasteiger partial charge in [-0.15, -0.1) is 0 Å². The van der Waals surface area contributed by atoms with Crippen LogP contribution in [0.3, 0.4) is 0 Å². The second kappa shape index (κ2) is 6.65. The highest BCUT2D eigenvalue weighted by atomic mass is 35.5. The fourth-order valence-electron chi connectivity index (χ4n) is 3.35. The zero-order valence-corrected chi connectivity index (χ0v) is 15.5. The molecule has 6 heteroatoms. The van der Waals surface area contributed by atoms with Crippen LogP contribution in [-0.4, -0.2) is 21.9 Å². The summed E-state index contributed by atoms with van der Waals surface area (Å²) in [6.07, 6.45) is 2.40. The maximum atomic E-state index is 12.8. The fraction of sp³-hybridized carbons (Fsp3) is 0.300. The number of benzene rings is 1. The third kappa shape index (κ3) is 2.92. The average molecular weight is 370 g/mol. The summed E-state index contributed by atoms with van der Waals surface area (Å²) < 4.78 is 7.39. The van der Waals surface area contributed by atoms with Gasteiger partial charge in [-0.25, -0.2) is 4.98 Å². The number of ether oxygens (including phenoxy) is 1. The second-order valence-corrected chi connectivity index (χ2v) is 7.04. The van der Waals surface area contributed by atoms with Crippen LogP contribution < -0.4 is 10.1 Å². The van der Waals surface area contributed by atoms with Crippen molar-refractivity contribution in [2.24, 2.45) is 0 Å². The molecule has 0 bridgehead atoms. The summed E-state index contributed by atoms with van der Waals surface area (Å²) in [6, 6.07) is 9.67. The van der Waals surface area contributed by atoms with E-state index in [1.807, 2.05) is 25.1 Å². The molecule has 3 aromatic rings. The highest BCUT2D eigenvalue weighted by Crippen LogP contribution is 2.34. The summed E-state index contributed by atoms with van der Waals surface area (Å²) in [5.41, 5.74) is 4.29. The number of nitrogens with zero attached hydrogens (tertiary/aromatic N) is 2. The van der Waals surface area contributed by atoms with Crippen molar-refractivity contribution in [2.75, 3.05) is 6.61 Å². The number of imidazole rings is 1. The number of aromatic nitrogens is 2. The molecule has 1 aliphatic heterocycles. The van der Waals surface area contributed by atoms with Gasteiger partial charge in [-0.05, 0) is 36.2 Å². The first-order valence-electron chi connectivity index (χ1n) is 8.77. The predicted molar refractivity (Wildman–Crippen MR) is 101 cm³/mol. The number of halogens is 1. The molecule has 1 aliphatic rings. The van der Waals surface area contributed by atoms with Gasteiger partial charge in [0.15, 0.2) is 0 Å². The van der Waals surface area contributed by atoms with Gasteiger partial charge < -0.3 is 10.1 Å². The van der Waals surface area contributed by atoms with Crippen molar-refractivity contribution in [3.63, 3.8) is 0 Å². The molecule has 0 spiro atoms. The van der Waals surface area contributed by atoms with Crippen LogP contribution in [0.5, 0.6) is 5.75 Å². The minimum atomic E-state index is -0.151. The molecule has 0 fully saturated rings. The molecule has 1 unspecified atom stereocenters. The van der Waals surface area contributed by atoms with E-state index in [-0.39, 0.29) is 5.91 Å². The van der Waals surface area contributed by atoms with Crippen LogP contribution in [0.15, 0.2) is 36.5 Å². The monoisotopic (exact) mass is 369 g/mol. The molecule has 26 heavy (non-hydrogen) atoms. The maximum Gasteiger partial charge on any atom is 0.270 e. The summed E-state index contributed by atoms with van der Waals surface area (Å²) in [4.78, 5) is 17.4. The smallest absolute Gasteiger partial charge is 0.270 e. The highest BCUT2D eigenvalue weighted by Gasteiger charge is 2.21. The first kappa shape index (κ1) is 16.9. The van der Waals surface area contributed by atoms with Gasteiger partial charge in [0, 0.05) is 24.2 Å². The Morgan fingerprint density at radius 2 is 2.23 bits per heavy atom. The van der Waals surface area contributed by atoms with Crippen LogP contribution >= 0.6 is 11.6 Å². The lowest BCUT2D eigenvalue weighted by Crippen LogP contribution is -2.25. The van der Waals surface area contributed by atoms with Gasteiger partial charge in [-0.1, -0.05) is 31.5 Å². The zero-order chi connectivity index (χ0) is 18.3. The van der Waals surface area contributed by atoms with Gasteiger partial charge in [-0.2, -0.15) is 0 Å². The van der Waals surface area contributed by atoms with E-state index in [4.69, 9.17) is 16.3 Å². The number of rotatable bonds is 4. The van der Waals surface area contributed by atoms with Gasteiger partial charge in [0.2, 0.25) is 0 Å². The SMILES string of the molecule is CCc1nc2ccc(Cl)cn2c1C(=O)NCc1ccc2c(c1)C(C)CO2. The first-order chi connectivity index (χ1) is 12.6. The maximum absolute atomic E-state index is 12.8. The number of hydrogen-bond acceptors (Lipinski definition) is 3. The van der Waals surface area contributed by atoms with Crippen molar-refractivity contribution in [1.82, 2.24) is 14.7 Å². The molecule has 0 saturated carbocycles. The van der Waals surface area contributed by atoms with Gasteiger partial charge in [0.25, 0.3) is 5.91 Å². The molecule has 3 heterocycles. The van der Waals surface area contributed by atoms with Crippen molar-refractivity contribution in [3.05, 3.63) is 64.1 Å². The van der Waals surface area contributed by atoms with Crippen molar-refractivity contribution >= 4 is 23.2 Å². The van der Waals surface area contributed by atoms with Gasteiger partial charge in [-0.3, -0.25) is 9.20 Å². The van der Waals surface area contributed by atoms with E-state index in [0.29, 0.717) is 36.2 Å². The summed E-state index contributed by atoms with van der Waals surface area (Å²) in [7, 11) is 0. The van der Waals surface area contributed by atoms with Crippen molar-refractivity contribution in [1.29, 1.82) is 0 Å². The summed E-state index contributed by atoms with van der Waals surface area (Å²) in [5.74, 6) is 1.17. The molecular formula is C20H20ClN3O2. The lowest BCUT2D eigenvalue weighted by atomic mass is 10.0. The zero-order valence-electron chi connectivity index (χ0n) is 14.8. The molecule has 0 saturated heterocycles. The van der Waals surface area contributed by atoms with Gasteiger partial charge in [0.1, 0.15) is 17.1 Å². The van der Waals surface area contributed by atoms with E-state index < -0.39 is 0 Å². The second-order valence-electron chi connectivity index (χ2n) is 6.60. The Kier molecular flexibility index (Phi) is 4.32. The quantitative estimate of drug-likeness (QED) is 0.756. The average Bonchev–Trinajstić information content (AvgIpc) is 3.19. The number of aryl methyl sites for hydroxylation is 1. The number of hydrogen-bond donors (Lipinski definition) is 1. The Hall–Kier alpha value is -2.53. The van der Waals surface area contributed by atoms with E-state index in [9.17, 15) is 4.79 Å². The van der Waals surface area contributed by atoms with Crippen LogP contribution in [0.2, 0.25) is 5.02 Å². The molecule has 5 nitrogen and oxygen atoms in total. The van der Waals surface area contributed by atoms with E-state index in [1.165, 1.54) is 5.56 Å². The normalized spacial score (nSPS) is 15.7. The third-order valence-electron chi connectivity index (χ3n) is 4.75. The minimum Gasteiger partial charge on any atom is -0.493 e. The summed E-state index contributed by atoms with van der Waals surface area (Å²) in [6.45, 7) is 5.30. The van der Waals surface area contributed by atoms with Crippen molar-refractivity contribution in [3.8, 4) is 5.75 Å². The largest absolute Gasteiger partial charge is 0.493 e. The molecule has 1 amide bonds. The summed E-state index contributed by atoms with van der Waals surface area (Å²) in [5, 5.41) is 3.58. The van der Waals surface area contributed by atoms with Crippen LogP contribution in [0.4, 0.5) is 0 Å². The topological polar surface area (TPSA) is 55.6 Å². The van der Waals surface area contributed by atoms with Crippen LogP contribution in [-0.2, 0) is 13.0 Å². The standard InChI is InChI=1S/C20H20ClN3O2/c1-3-16-19(24-10-14(21)5-7-18(24)23-16)20(25)22-9-13-4-6-17-15(8-13)12(2)11-26-17/h4-8,10,12H,3,9,11H2,1-2H3,(H,22,25). The van der Waals surface area contributed by atoms with E-state index in [2.05, 4.69) is 23.3 Å². The van der Waals surface area contributed by atoms with Crippen LogP contribution in [0, 0.1) is 0 Å². The molecule has 4 rings (SSSR count). The minimum absolute atomic E-state index is 0.151. The van der Waals surface area contributed by atoms with E-state index in [1.54, 1.807) is 16.7 Å². The van der Waals surface area contributed by atoms with E-state index >= 15 is 0 Å². The Morgan fingerprint density at radius 1 is 1.38 bits per heavy atom. The molecular weight excluding hydrogens is 350 g/mol. The number of pyridine rings is 1. The molecule has 0 radical (unpaired) electrons. The Labute approximate surface area is 157 Å². The van der Waals surface area contributed by atoms with Crippen LogP contribution in [0.1, 0.15) is 47.1 Å². The Balaban J connectivity index is 1.58. The lowest BCUT2D eigenvalue weighted by Gasteiger charge is -2.09. The summed E-state index contributed by atoms with van der Waals surface area (Å²) >= 11 is 6.10. The molecule has 1 N–H and O–H groups in total. The van der Waals surface area contributed by atoms with Crippen molar-refractivity contribution in [2.45, 2.75) is 32.7 Å². The fourth-order valence-corrected chi connectivity index (χ4v) is 3.51. The lowest BCUT2D eigenvalue weighted by molar-refractivity contribution is 0.0944.